The predicted molar refractivity (Wildman–Crippen MR) is 70.9 cm³/mol. The first kappa shape index (κ1) is 13.4. The van der Waals surface area contributed by atoms with E-state index in [1.165, 1.54) is 0 Å². The van der Waals surface area contributed by atoms with Crippen molar-refractivity contribution >= 4 is 11.6 Å². The number of hydrazone groups is 1. The molecule has 0 bridgehead atoms. The van der Waals surface area contributed by atoms with Crippen LogP contribution in [-0.2, 0) is 11.2 Å². The summed E-state index contributed by atoms with van der Waals surface area (Å²) in [5.74, 6) is 0.490. The molecule has 0 radical (unpaired) electrons. The molecule has 0 saturated carbocycles. The van der Waals surface area contributed by atoms with Gasteiger partial charge < -0.3 is 0 Å². The zero-order valence-corrected chi connectivity index (χ0v) is 10.7. The lowest BCUT2D eigenvalue weighted by molar-refractivity contribution is -0.120. The highest BCUT2D eigenvalue weighted by Crippen LogP contribution is 2.01. The van der Waals surface area contributed by atoms with Crippen LogP contribution in [0.5, 0.6) is 0 Å². The maximum Gasteiger partial charge on any atom is 0.244 e. The third-order valence-electron chi connectivity index (χ3n) is 2.28. The quantitative estimate of drug-likeness (QED) is 0.615. The number of hydrogen-bond acceptors (Lipinski definition) is 2. The lowest BCUT2D eigenvalue weighted by atomic mass is 10.1. The Morgan fingerprint density at radius 2 is 1.94 bits per heavy atom. The van der Waals surface area contributed by atoms with Crippen LogP contribution in [0.2, 0.25) is 0 Å². The standard InChI is InChI=1S/C14H20N2O/c1-11(2)9-12(3)15-16-14(17)10-13-7-5-4-6-8-13/h4-8,11H,9-10H2,1-3H3,(H,16,17). The second kappa shape index (κ2) is 6.84. The fraction of sp³-hybridized carbons (Fsp3) is 0.429. The summed E-state index contributed by atoms with van der Waals surface area (Å²) < 4.78 is 0. The van der Waals surface area contributed by atoms with Gasteiger partial charge in [-0.15, -0.1) is 0 Å². The molecule has 0 fully saturated rings. The Hall–Kier alpha value is -1.64. The molecule has 1 N–H and O–H groups in total. The van der Waals surface area contributed by atoms with Crippen LogP contribution in [0.25, 0.3) is 0 Å². The molecule has 0 saturated heterocycles. The molecule has 1 rings (SSSR count). The second-order valence-electron chi connectivity index (χ2n) is 4.64. The number of carbonyl (C=O) groups is 1. The predicted octanol–water partition coefficient (Wildman–Crippen LogP) is 2.77. The molecule has 0 atom stereocenters. The van der Waals surface area contributed by atoms with Crippen molar-refractivity contribution in [2.75, 3.05) is 0 Å². The molecule has 3 nitrogen and oxygen atoms in total. The van der Waals surface area contributed by atoms with Gasteiger partial charge in [0.05, 0.1) is 6.42 Å². The Bertz CT molecular complexity index is 382. The first-order chi connectivity index (χ1) is 8.08. The zero-order chi connectivity index (χ0) is 12.7. The number of nitrogens with zero attached hydrogens (tertiary/aromatic N) is 1. The van der Waals surface area contributed by atoms with Gasteiger partial charge in [0.2, 0.25) is 5.91 Å². The summed E-state index contributed by atoms with van der Waals surface area (Å²) in [5, 5.41) is 4.08. The van der Waals surface area contributed by atoms with Crippen LogP contribution in [0.1, 0.15) is 32.8 Å². The van der Waals surface area contributed by atoms with E-state index in [1.54, 1.807) is 0 Å². The van der Waals surface area contributed by atoms with Crippen molar-refractivity contribution in [3.8, 4) is 0 Å². The van der Waals surface area contributed by atoms with E-state index in [0.717, 1.165) is 17.7 Å². The topological polar surface area (TPSA) is 41.5 Å². The Morgan fingerprint density at radius 3 is 2.53 bits per heavy atom. The van der Waals surface area contributed by atoms with Gasteiger partial charge >= 0.3 is 0 Å². The number of benzene rings is 1. The van der Waals surface area contributed by atoms with Crippen molar-refractivity contribution in [3.05, 3.63) is 35.9 Å². The Kier molecular flexibility index (Phi) is 5.40. The largest absolute Gasteiger partial charge is 0.273 e. The van der Waals surface area contributed by atoms with Crippen molar-refractivity contribution in [2.24, 2.45) is 11.0 Å². The summed E-state index contributed by atoms with van der Waals surface area (Å²) in [6.45, 7) is 6.19. The first-order valence-electron chi connectivity index (χ1n) is 5.94. The molecule has 0 aliphatic rings. The Balaban J connectivity index is 2.40. The van der Waals surface area contributed by atoms with E-state index in [0.29, 0.717) is 12.3 Å². The summed E-state index contributed by atoms with van der Waals surface area (Å²) in [5.41, 5.74) is 4.55. The molecule has 17 heavy (non-hydrogen) atoms. The number of rotatable bonds is 5. The van der Waals surface area contributed by atoms with E-state index in [2.05, 4.69) is 24.4 Å². The number of nitrogens with one attached hydrogen (secondary N) is 1. The van der Waals surface area contributed by atoms with Crippen LogP contribution < -0.4 is 5.43 Å². The summed E-state index contributed by atoms with van der Waals surface area (Å²) in [6.07, 6.45) is 1.28. The molecule has 0 aliphatic carbocycles. The lowest BCUT2D eigenvalue weighted by Crippen LogP contribution is -2.21. The number of hydrogen-bond donors (Lipinski definition) is 1. The van der Waals surface area contributed by atoms with Crippen LogP contribution in [0, 0.1) is 5.92 Å². The Labute approximate surface area is 103 Å². The molecule has 1 aromatic carbocycles. The molecular weight excluding hydrogens is 212 g/mol. The van der Waals surface area contributed by atoms with Crippen molar-refractivity contribution in [1.82, 2.24) is 5.43 Å². The average Bonchev–Trinajstić information content (AvgIpc) is 2.27. The molecule has 0 heterocycles. The highest BCUT2D eigenvalue weighted by atomic mass is 16.2. The summed E-state index contributed by atoms with van der Waals surface area (Å²) in [7, 11) is 0. The van der Waals surface area contributed by atoms with Gasteiger partial charge in [-0.25, -0.2) is 5.43 Å². The van der Waals surface area contributed by atoms with Gasteiger partial charge in [-0.3, -0.25) is 4.79 Å². The monoisotopic (exact) mass is 232 g/mol. The highest BCUT2D eigenvalue weighted by molar-refractivity contribution is 5.85. The minimum Gasteiger partial charge on any atom is -0.273 e. The van der Waals surface area contributed by atoms with Gasteiger partial charge in [0, 0.05) is 5.71 Å². The minimum absolute atomic E-state index is 0.0701. The highest BCUT2D eigenvalue weighted by Gasteiger charge is 2.02. The van der Waals surface area contributed by atoms with E-state index < -0.39 is 0 Å². The van der Waals surface area contributed by atoms with Gasteiger partial charge in [-0.1, -0.05) is 44.2 Å². The summed E-state index contributed by atoms with van der Waals surface area (Å²) in [4.78, 5) is 11.6. The molecule has 0 spiro atoms. The molecular formula is C14H20N2O. The van der Waals surface area contributed by atoms with Crippen molar-refractivity contribution in [3.63, 3.8) is 0 Å². The van der Waals surface area contributed by atoms with Gasteiger partial charge in [0.25, 0.3) is 0 Å². The fourth-order valence-corrected chi connectivity index (χ4v) is 1.62. The van der Waals surface area contributed by atoms with Gasteiger partial charge in [0.1, 0.15) is 0 Å². The smallest absolute Gasteiger partial charge is 0.244 e. The van der Waals surface area contributed by atoms with Gasteiger partial charge in [0.15, 0.2) is 0 Å². The van der Waals surface area contributed by atoms with Crippen LogP contribution in [-0.4, -0.2) is 11.6 Å². The van der Waals surface area contributed by atoms with E-state index >= 15 is 0 Å². The fourth-order valence-electron chi connectivity index (χ4n) is 1.62. The van der Waals surface area contributed by atoms with Gasteiger partial charge in [-0.2, -0.15) is 5.10 Å². The molecule has 0 aromatic heterocycles. The first-order valence-corrected chi connectivity index (χ1v) is 5.94. The van der Waals surface area contributed by atoms with Crippen molar-refractivity contribution < 1.29 is 4.79 Å². The summed E-state index contributed by atoms with van der Waals surface area (Å²) in [6, 6.07) is 9.66. The maximum atomic E-state index is 11.6. The van der Waals surface area contributed by atoms with Crippen LogP contribution in [0.15, 0.2) is 35.4 Å². The van der Waals surface area contributed by atoms with E-state index in [-0.39, 0.29) is 5.91 Å². The number of amides is 1. The molecule has 1 aromatic rings. The molecule has 3 heteroatoms. The van der Waals surface area contributed by atoms with Crippen LogP contribution in [0.3, 0.4) is 0 Å². The third kappa shape index (κ3) is 5.85. The molecule has 0 aliphatic heterocycles. The molecule has 0 unspecified atom stereocenters. The van der Waals surface area contributed by atoms with Gasteiger partial charge in [-0.05, 0) is 24.8 Å². The second-order valence-corrected chi connectivity index (χ2v) is 4.64. The van der Waals surface area contributed by atoms with E-state index in [4.69, 9.17) is 0 Å². The molecule has 1 amide bonds. The normalized spacial score (nSPS) is 11.6. The summed E-state index contributed by atoms with van der Waals surface area (Å²) >= 11 is 0. The minimum atomic E-state index is -0.0701. The van der Waals surface area contributed by atoms with Crippen molar-refractivity contribution in [2.45, 2.75) is 33.6 Å². The van der Waals surface area contributed by atoms with Crippen molar-refractivity contribution in [1.29, 1.82) is 0 Å². The van der Waals surface area contributed by atoms with Crippen LogP contribution >= 0.6 is 0 Å². The Morgan fingerprint density at radius 1 is 1.29 bits per heavy atom. The van der Waals surface area contributed by atoms with E-state index in [1.807, 2.05) is 37.3 Å². The average molecular weight is 232 g/mol. The molecule has 92 valence electrons. The third-order valence-corrected chi connectivity index (χ3v) is 2.28. The lowest BCUT2D eigenvalue weighted by Gasteiger charge is -2.05. The number of carbonyl (C=O) groups excluding carboxylic acids is 1. The maximum absolute atomic E-state index is 11.6. The van der Waals surface area contributed by atoms with E-state index in [9.17, 15) is 4.79 Å². The zero-order valence-electron chi connectivity index (χ0n) is 10.7. The van der Waals surface area contributed by atoms with Crippen LogP contribution in [0.4, 0.5) is 0 Å². The SMILES string of the molecule is CC(CC(C)C)=NNC(=O)Cc1ccccc1.